The number of rotatable bonds is 3. The fourth-order valence-corrected chi connectivity index (χ4v) is 2.28. The standard InChI is InChI=1S/C15H9Cl3O/c1-9(13-7-6-12(17)8-14(13)18)15(19)10-2-4-11(16)5-3-10/h2-8H,1H2. The van der Waals surface area contributed by atoms with Gasteiger partial charge in [-0.15, -0.1) is 0 Å². The molecule has 0 radical (unpaired) electrons. The van der Waals surface area contributed by atoms with E-state index in [9.17, 15) is 4.79 Å². The predicted octanol–water partition coefficient (Wildman–Crippen LogP) is 5.54. The number of halogens is 3. The first kappa shape index (κ1) is 14.1. The van der Waals surface area contributed by atoms with Crippen molar-refractivity contribution in [1.82, 2.24) is 0 Å². The van der Waals surface area contributed by atoms with Crippen molar-refractivity contribution in [1.29, 1.82) is 0 Å². The molecular formula is C15H9Cl3O. The lowest BCUT2D eigenvalue weighted by Crippen LogP contribution is -2.02. The Morgan fingerprint density at radius 2 is 1.47 bits per heavy atom. The summed E-state index contributed by atoms with van der Waals surface area (Å²) in [5.74, 6) is -0.194. The summed E-state index contributed by atoms with van der Waals surface area (Å²) in [6, 6.07) is 11.6. The van der Waals surface area contributed by atoms with E-state index < -0.39 is 0 Å². The SMILES string of the molecule is C=C(C(=O)c1ccc(Cl)cc1)c1ccc(Cl)cc1Cl. The summed E-state index contributed by atoms with van der Waals surface area (Å²) >= 11 is 17.7. The number of carbonyl (C=O) groups excluding carboxylic acids is 1. The van der Waals surface area contributed by atoms with Gasteiger partial charge in [-0.25, -0.2) is 0 Å². The van der Waals surface area contributed by atoms with Crippen LogP contribution >= 0.6 is 34.8 Å². The highest BCUT2D eigenvalue weighted by atomic mass is 35.5. The molecule has 1 nitrogen and oxygen atoms in total. The molecule has 0 amide bonds. The summed E-state index contributed by atoms with van der Waals surface area (Å²) in [5, 5.41) is 1.49. The van der Waals surface area contributed by atoms with E-state index in [1.165, 1.54) is 0 Å². The van der Waals surface area contributed by atoms with Gasteiger partial charge in [0.1, 0.15) is 0 Å². The first-order valence-electron chi connectivity index (χ1n) is 5.43. The molecule has 96 valence electrons. The second kappa shape index (κ2) is 5.79. The van der Waals surface area contributed by atoms with Crippen LogP contribution in [-0.2, 0) is 0 Å². The van der Waals surface area contributed by atoms with E-state index in [1.54, 1.807) is 42.5 Å². The van der Waals surface area contributed by atoms with Crippen LogP contribution in [0.3, 0.4) is 0 Å². The van der Waals surface area contributed by atoms with E-state index in [4.69, 9.17) is 34.8 Å². The molecule has 0 atom stereocenters. The average molecular weight is 312 g/mol. The quantitative estimate of drug-likeness (QED) is 0.537. The summed E-state index contributed by atoms with van der Waals surface area (Å²) in [6.07, 6.45) is 0. The molecule has 0 aliphatic rings. The van der Waals surface area contributed by atoms with Crippen LogP contribution in [0, 0.1) is 0 Å². The van der Waals surface area contributed by atoms with Crippen molar-refractivity contribution in [3.8, 4) is 0 Å². The zero-order valence-corrected chi connectivity index (χ0v) is 12.1. The molecule has 0 heterocycles. The third-order valence-electron chi connectivity index (χ3n) is 2.64. The van der Waals surface area contributed by atoms with Gasteiger partial charge < -0.3 is 0 Å². The van der Waals surface area contributed by atoms with Gasteiger partial charge in [-0.3, -0.25) is 4.79 Å². The van der Waals surface area contributed by atoms with Crippen molar-refractivity contribution < 1.29 is 4.79 Å². The largest absolute Gasteiger partial charge is 0.289 e. The molecule has 0 aromatic heterocycles. The molecule has 0 saturated carbocycles. The molecule has 19 heavy (non-hydrogen) atoms. The van der Waals surface area contributed by atoms with Crippen LogP contribution < -0.4 is 0 Å². The van der Waals surface area contributed by atoms with Gasteiger partial charge in [-0.1, -0.05) is 47.4 Å². The van der Waals surface area contributed by atoms with E-state index in [2.05, 4.69) is 6.58 Å². The summed E-state index contributed by atoms with van der Waals surface area (Å²) in [6.45, 7) is 3.80. The molecule has 4 heteroatoms. The van der Waals surface area contributed by atoms with Crippen LogP contribution in [0.25, 0.3) is 5.57 Å². The predicted molar refractivity (Wildman–Crippen MR) is 81.3 cm³/mol. The highest BCUT2D eigenvalue weighted by molar-refractivity contribution is 6.38. The number of carbonyl (C=O) groups is 1. The second-order valence-electron chi connectivity index (χ2n) is 3.94. The third-order valence-corrected chi connectivity index (χ3v) is 3.44. The van der Waals surface area contributed by atoms with Crippen molar-refractivity contribution >= 4 is 46.2 Å². The third kappa shape index (κ3) is 3.19. The van der Waals surface area contributed by atoms with Gasteiger partial charge in [0.25, 0.3) is 0 Å². The van der Waals surface area contributed by atoms with Crippen LogP contribution in [0.4, 0.5) is 0 Å². The monoisotopic (exact) mass is 310 g/mol. The molecule has 0 unspecified atom stereocenters. The lowest BCUT2D eigenvalue weighted by Gasteiger charge is -2.08. The Kier molecular flexibility index (Phi) is 4.31. The summed E-state index contributed by atoms with van der Waals surface area (Å²) in [5.41, 5.74) is 1.41. The molecule has 2 aromatic carbocycles. The van der Waals surface area contributed by atoms with E-state index in [0.29, 0.717) is 31.8 Å². The van der Waals surface area contributed by atoms with Crippen molar-refractivity contribution in [2.45, 2.75) is 0 Å². The fourth-order valence-electron chi connectivity index (χ4n) is 1.63. The molecular weight excluding hydrogens is 303 g/mol. The van der Waals surface area contributed by atoms with Gasteiger partial charge in [0.05, 0.1) is 0 Å². The minimum absolute atomic E-state index is 0.194. The van der Waals surface area contributed by atoms with Gasteiger partial charge in [0, 0.05) is 31.8 Å². The van der Waals surface area contributed by atoms with Crippen LogP contribution in [0.1, 0.15) is 15.9 Å². The lowest BCUT2D eigenvalue weighted by molar-refractivity contribution is 0.105. The van der Waals surface area contributed by atoms with Gasteiger partial charge in [-0.2, -0.15) is 0 Å². The Morgan fingerprint density at radius 1 is 0.895 bits per heavy atom. The smallest absolute Gasteiger partial charge is 0.193 e. The van der Waals surface area contributed by atoms with Gasteiger partial charge in [0.15, 0.2) is 5.78 Å². The molecule has 0 spiro atoms. The van der Waals surface area contributed by atoms with E-state index in [-0.39, 0.29) is 5.78 Å². The van der Waals surface area contributed by atoms with Crippen molar-refractivity contribution in [2.75, 3.05) is 0 Å². The molecule has 0 aliphatic heterocycles. The van der Waals surface area contributed by atoms with E-state index in [1.807, 2.05) is 0 Å². The zero-order valence-electron chi connectivity index (χ0n) is 9.79. The molecule has 0 saturated heterocycles. The number of Topliss-reactive ketones (excluding diaryl/α,β-unsaturated/α-hetero) is 1. The number of allylic oxidation sites excluding steroid dienone is 1. The zero-order chi connectivity index (χ0) is 14.0. The van der Waals surface area contributed by atoms with Gasteiger partial charge in [0.2, 0.25) is 0 Å². The first-order valence-corrected chi connectivity index (χ1v) is 6.57. The normalized spacial score (nSPS) is 10.3. The number of benzene rings is 2. The molecule has 0 aliphatic carbocycles. The lowest BCUT2D eigenvalue weighted by atomic mass is 9.98. The first-order chi connectivity index (χ1) is 8.99. The Bertz CT molecular complexity index is 645. The summed E-state index contributed by atoms with van der Waals surface area (Å²) < 4.78 is 0. The molecule has 2 rings (SSSR count). The number of hydrogen-bond acceptors (Lipinski definition) is 1. The van der Waals surface area contributed by atoms with Crippen molar-refractivity contribution in [2.24, 2.45) is 0 Å². The fraction of sp³-hybridized carbons (Fsp3) is 0. The summed E-state index contributed by atoms with van der Waals surface area (Å²) in [7, 11) is 0. The Labute approximate surface area is 126 Å². The molecule has 0 fully saturated rings. The highest BCUT2D eigenvalue weighted by Gasteiger charge is 2.14. The average Bonchev–Trinajstić information content (AvgIpc) is 2.38. The number of ketones is 1. The molecule has 2 aromatic rings. The highest BCUT2D eigenvalue weighted by Crippen LogP contribution is 2.28. The number of hydrogen-bond donors (Lipinski definition) is 0. The molecule has 0 bridgehead atoms. The van der Waals surface area contributed by atoms with Crippen LogP contribution in [0.15, 0.2) is 49.0 Å². The minimum Gasteiger partial charge on any atom is -0.289 e. The Balaban J connectivity index is 2.33. The molecule has 0 N–H and O–H groups in total. The van der Waals surface area contributed by atoms with E-state index >= 15 is 0 Å². The Hall–Kier alpha value is -1.28. The van der Waals surface area contributed by atoms with Gasteiger partial charge in [-0.05, 0) is 36.4 Å². The maximum absolute atomic E-state index is 12.3. The van der Waals surface area contributed by atoms with Crippen LogP contribution in [0.5, 0.6) is 0 Å². The minimum atomic E-state index is -0.194. The second-order valence-corrected chi connectivity index (χ2v) is 5.22. The van der Waals surface area contributed by atoms with E-state index in [0.717, 1.165) is 0 Å². The summed E-state index contributed by atoms with van der Waals surface area (Å²) in [4.78, 5) is 12.3. The van der Waals surface area contributed by atoms with Crippen LogP contribution in [-0.4, -0.2) is 5.78 Å². The van der Waals surface area contributed by atoms with Gasteiger partial charge >= 0.3 is 0 Å². The maximum atomic E-state index is 12.3. The topological polar surface area (TPSA) is 17.1 Å². The van der Waals surface area contributed by atoms with Crippen LogP contribution in [0.2, 0.25) is 15.1 Å². The maximum Gasteiger partial charge on any atom is 0.193 e. The Morgan fingerprint density at radius 3 is 2.05 bits per heavy atom. The van der Waals surface area contributed by atoms with Crippen molar-refractivity contribution in [3.63, 3.8) is 0 Å². The van der Waals surface area contributed by atoms with Crippen molar-refractivity contribution in [3.05, 3.63) is 75.2 Å².